The number of nitrogens with two attached hydrogens (primary N) is 1. The lowest BCUT2D eigenvalue weighted by Crippen LogP contribution is -2.08. The first kappa shape index (κ1) is 11.9. The van der Waals surface area contributed by atoms with Crippen LogP contribution in [0.3, 0.4) is 0 Å². The number of nitrogen functional groups attached to an aromatic ring is 1. The molecule has 0 aliphatic heterocycles. The summed E-state index contributed by atoms with van der Waals surface area (Å²) < 4.78 is 0. The van der Waals surface area contributed by atoms with Crippen LogP contribution in [-0.2, 0) is 0 Å². The van der Waals surface area contributed by atoms with Gasteiger partial charge >= 0.3 is 0 Å². The normalized spacial score (nSPS) is 10.8. The van der Waals surface area contributed by atoms with E-state index >= 15 is 0 Å². The lowest BCUT2D eigenvalue weighted by atomic mass is 10.2. The van der Waals surface area contributed by atoms with Crippen LogP contribution in [0.25, 0.3) is 11.0 Å². The van der Waals surface area contributed by atoms with Crippen LogP contribution >= 0.6 is 11.8 Å². The van der Waals surface area contributed by atoms with Crippen LogP contribution in [0.2, 0.25) is 0 Å². The van der Waals surface area contributed by atoms with Gasteiger partial charge in [-0.15, -0.1) is 0 Å². The third-order valence-corrected chi connectivity index (χ3v) is 3.37. The number of imidazole rings is 1. The van der Waals surface area contributed by atoms with E-state index in [0.717, 1.165) is 21.2 Å². The van der Waals surface area contributed by atoms with Crippen molar-refractivity contribution >= 4 is 28.6 Å². The fourth-order valence-corrected chi connectivity index (χ4v) is 2.47. The maximum atomic E-state index is 5.30. The molecular weight excluding hydrogens is 260 g/mol. The molecule has 1 aromatic carbocycles. The van der Waals surface area contributed by atoms with Crippen molar-refractivity contribution < 1.29 is 0 Å². The van der Waals surface area contributed by atoms with Gasteiger partial charge in [0, 0.05) is 0 Å². The minimum atomic E-state index is 0.525. The molecule has 0 saturated heterocycles. The standard InChI is InChI=1S/C12H12N6S/c1-7-2-3-8-9(4-7)16-12(15-8)19-11-6-14-5-10(17-11)18-13/h2-6H,13H2,1H3,(H,15,16)(H,17,18). The van der Waals surface area contributed by atoms with Crippen molar-refractivity contribution in [3.8, 4) is 0 Å². The second kappa shape index (κ2) is 4.87. The molecule has 0 fully saturated rings. The monoisotopic (exact) mass is 272 g/mol. The van der Waals surface area contributed by atoms with E-state index in [1.54, 1.807) is 12.4 Å². The van der Waals surface area contributed by atoms with Crippen LogP contribution in [-0.4, -0.2) is 19.9 Å². The molecular formula is C12H12N6S. The fourth-order valence-electron chi connectivity index (χ4n) is 1.71. The summed E-state index contributed by atoms with van der Waals surface area (Å²) in [6.45, 7) is 2.05. The predicted molar refractivity (Wildman–Crippen MR) is 74.8 cm³/mol. The molecule has 0 unspecified atom stereocenters. The van der Waals surface area contributed by atoms with Gasteiger partial charge in [0.15, 0.2) is 11.0 Å². The molecule has 0 bridgehead atoms. The first-order valence-electron chi connectivity index (χ1n) is 5.67. The van der Waals surface area contributed by atoms with E-state index in [1.807, 2.05) is 12.1 Å². The van der Waals surface area contributed by atoms with Crippen LogP contribution in [0.5, 0.6) is 0 Å². The highest BCUT2D eigenvalue weighted by Crippen LogP contribution is 2.26. The van der Waals surface area contributed by atoms with Gasteiger partial charge in [0.05, 0.1) is 23.4 Å². The Kier molecular flexibility index (Phi) is 3.06. The van der Waals surface area contributed by atoms with Crippen molar-refractivity contribution in [1.82, 2.24) is 19.9 Å². The quantitative estimate of drug-likeness (QED) is 0.499. The van der Waals surface area contributed by atoms with E-state index in [2.05, 4.69) is 38.4 Å². The predicted octanol–water partition coefficient (Wildman–Crippen LogP) is 2.10. The molecule has 0 radical (unpaired) electrons. The van der Waals surface area contributed by atoms with Gasteiger partial charge in [-0.25, -0.2) is 15.8 Å². The van der Waals surface area contributed by atoms with Crippen molar-refractivity contribution in [2.45, 2.75) is 17.1 Å². The number of aromatic nitrogens is 4. The molecule has 0 atom stereocenters. The Morgan fingerprint density at radius 2 is 2.16 bits per heavy atom. The van der Waals surface area contributed by atoms with Crippen molar-refractivity contribution in [2.24, 2.45) is 5.84 Å². The third kappa shape index (κ3) is 2.51. The molecule has 19 heavy (non-hydrogen) atoms. The van der Waals surface area contributed by atoms with E-state index in [4.69, 9.17) is 5.84 Å². The summed E-state index contributed by atoms with van der Waals surface area (Å²) >= 11 is 1.41. The number of benzene rings is 1. The largest absolute Gasteiger partial charge is 0.333 e. The fraction of sp³-hybridized carbons (Fsp3) is 0.0833. The minimum absolute atomic E-state index is 0.525. The highest BCUT2D eigenvalue weighted by Gasteiger charge is 2.06. The van der Waals surface area contributed by atoms with Gasteiger partial charge in [-0.05, 0) is 36.4 Å². The molecule has 6 nitrogen and oxygen atoms in total. The summed E-state index contributed by atoms with van der Waals surface area (Å²) in [5.41, 5.74) is 5.62. The number of nitrogens with one attached hydrogen (secondary N) is 2. The molecule has 0 aliphatic rings. The molecule has 0 saturated carbocycles. The Bertz CT molecular complexity index is 723. The zero-order valence-corrected chi connectivity index (χ0v) is 11.0. The van der Waals surface area contributed by atoms with Crippen LogP contribution in [0.15, 0.2) is 40.8 Å². The molecule has 7 heteroatoms. The topological polar surface area (TPSA) is 92.5 Å². The Morgan fingerprint density at radius 3 is 3.00 bits per heavy atom. The van der Waals surface area contributed by atoms with E-state index < -0.39 is 0 Å². The summed E-state index contributed by atoms with van der Waals surface area (Å²) in [5.74, 6) is 5.83. The van der Waals surface area contributed by atoms with Gasteiger partial charge in [-0.2, -0.15) is 0 Å². The number of H-pyrrole nitrogens is 1. The van der Waals surface area contributed by atoms with Gasteiger partial charge in [0.1, 0.15) is 5.03 Å². The van der Waals surface area contributed by atoms with Crippen molar-refractivity contribution in [1.29, 1.82) is 0 Å². The molecule has 3 rings (SSSR count). The number of hydrazine groups is 1. The number of hydrogen-bond acceptors (Lipinski definition) is 6. The smallest absolute Gasteiger partial charge is 0.172 e. The van der Waals surface area contributed by atoms with Gasteiger partial charge in [-0.1, -0.05) is 6.07 Å². The van der Waals surface area contributed by atoms with Gasteiger partial charge in [-0.3, -0.25) is 4.98 Å². The summed E-state index contributed by atoms with van der Waals surface area (Å²) in [4.78, 5) is 16.1. The lowest BCUT2D eigenvalue weighted by molar-refractivity contribution is 1.02. The highest BCUT2D eigenvalue weighted by atomic mass is 32.2. The molecule has 3 aromatic rings. The number of nitrogens with zero attached hydrogens (tertiary/aromatic N) is 3. The van der Waals surface area contributed by atoms with E-state index in [9.17, 15) is 0 Å². The first-order valence-corrected chi connectivity index (χ1v) is 6.49. The van der Waals surface area contributed by atoms with Gasteiger partial charge in [0.2, 0.25) is 0 Å². The van der Waals surface area contributed by atoms with Crippen LogP contribution in [0.4, 0.5) is 5.82 Å². The Balaban J connectivity index is 1.92. The number of aromatic amines is 1. The van der Waals surface area contributed by atoms with Crippen molar-refractivity contribution in [2.75, 3.05) is 5.43 Å². The summed E-state index contributed by atoms with van der Waals surface area (Å²) in [7, 11) is 0. The summed E-state index contributed by atoms with van der Waals surface area (Å²) in [6.07, 6.45) is 3.23. The number of hydrogen-bond donors (Lipinski definition) is 3. The molecule has 0 aliphatic carbocycles. The maximum Gasteiger partial charge on any atom is 0.172 e. The van der Waals surface area contributed by atoms with Crippen molar-refractivity contribution in [3.63, 3.8) is 0 Å². The van der Waals surface area contributed by atoms with Crippen LogP contribution in [0.1, 0.15) is 5.56 Å². The second-order valence-corrected chi connectivity index (χ2v) is 5.06. The van der Waals surface area contributed by atoms with E-state index in [0.29, 0.717) is 5.82 Å². The third-order valence-electron chi connectivity index (χ3n) is 2.58. The van der Waals surface area contributed by atoms with Crippen LogP contribution in [0, 0.1) is 6.92 Å². The molecule has 0 amide bonds. The maximum absolute atomic E-state index is 5.30. The van der Waals surface area contributed by atoms with Crippen molar-refractivity contribution in [3.05, 3.63) is 36.2 Å². The van der Waals surface area contributed by atoms with E-state index in [-0.39, 0.29) is 0 Å². The SMILES string of the molecule is Cc1ccc2nc(Sc3cncc(NN)n3)[nH]c2c1. The minimum Gasteiger partial charge on any atom is -0.333 e. The lowest BCUT2D eigenvalue weighted by Gasteiger charge is -2.00. The highest BCUT2D eigenvalue weighted by molar-refractivity contribution is 7.99. The summed E-state index contributed by atoms with van der Waals surface area (Å²) in [5, 5.41) is 1.51. The molecule has 96 valence electrons. The first-order chi connectivity index (χ1) is 9.24. The number of rotatable bonds is 3. The molecule has 2 aromatic heterocycles. The van der Waals surface area contributed by atoms with Gasteiger partial charge in [0.25, 0.3) is 0 Å². The number of anilines is 1. The average Bonchev–Trinajstić information content (AvgIpc) is 2.80. The Morgan fingerprint density at radius 1 is 1.26 bits per heavy atom. The Hall–Kier alpha value is -2.12. The zero-order chi connectivity index (χ0) is 13.2. The molecule has 4 N–H and O–H groups in total. The van der Waals surface area contributed by atoms with Crippen LogP contribution < -0.4 is 11.3 Å². The molecule has 2 heterocycles. The number of aryl methyl sites for hydroxylation is 1. The second-order valence-electron chi connectivity index (χ2n) is 4.05. The summed E-state index contributed by atoms with van der Waals surface area (Å²) in [6, 6.07) is 6.10. The van der Waals surface area contributed by atoms with E-state index in [1.165, 1.54) is 17.3 Å². The number of fused-ring (bicyclic) bond motifs is 1. The van der Waals surface area contributed by atoms with Gasteiger partial charge < -0.3 is 10.4 Å². The zero-order valence-electron chi connectivity index (χ0n) is 10.2. The average molecular weight is 272 g/mol. The Labute approximate surface area is 113 Å². The molecule has 0 spiro atoms.